The summed E-state index contributed by atoms with van der Waals surface area (Å²) in [7, 11) is 0. The fourth-order valence-corrected chi connectivity index (χ4v) is 3.41. The van der Waals surface area contributed by atoms with Crippen molar-refractivity contribution >= 4 is 17.7 Å². The van der Waals surface area contributed by atoms with Crippen molar-refractivity contribution < 1.29 is 9.84 Å². The summed E-state index contributed by atoms with van der Waals surface area (Å²) in [5.41, 5.74) is 0. The number of thioether (sulfide) groups is 1. The maximum absolute atomic E-state index is 8.82. The van der Waals surface area contributed by atoms with E-state index in [-0.39, 0.29) is 6.61 Å². The molecule has 7 heteroatoms. The van der Waals surface area contributed by atoms with Gasteiger partial charge in [0.1, 0.15) is 0 Å². The first-order chi connectivity index (χ1) is 10.7. The number of rotatable bonds is 9. The number of nitrogens with zero attached hydrogens (tertiary/aromatic N) is 4. The van der Waals surface area contributed by atoms with Crippen molar-refractivity contribution in [3.05, 3.63) is 0 Å². The lowest BCUT2D eigenvalue weighted by atomic mass is 10.2. The van der Waals surface area contributed by atoms with Crippen LogP contribution in [0.25, 0.3) is 0 Å². The molecule has 0 atom stereocenters. The molecule has 0 radical (unpaired) electrons. The van der Waals surface area contributed by atoms with Gasteiger partial charge in [-0.05, 0) is 18.8 Å². The van der Waals surface area contributed by atoms with Crippen LogP contribution in [0.5, 0.6) is 0 Å². The molecule has 1 aromatic rings. The zero-order valence-electron chi connectivity index (χ0n) is 13.7. The molecule has 0 aliphatic carbocycles. The van der Waals surface area contributed by atoms with Crippen LogP contribution in [0.3, 0.4) is 0 Å². The first-order valence-corrected chi connectivity index (χ1v) is 9.20. The highest BCUT2D eigenvalue weighted by Gasteiger charge is 2.20. The van der Waals surface area contributed by atoms with Crippen LogP contribution in [-0.4, -0.2) is 58.5 Å². The molecule has 2 heterocycles. The smallest absolute Gasteiger partial charge is 0.228 e. The van der Waals surface area contributed by atoms with E-state index in [0.717, 1.165) is 69.0 Å². The first-order valence-electron chi connectivity index (χ1n) is 8.22. The van der Waals surface area contributed by atoms with Crippen molar-refractivity contribution in [2.75, 3.05) is 43.6 Å². The van der Waals surface area contributed by atoms with Crippen LogP contribution in [-0.2, 0) is 11.3 Å². The molecule has 1 saturated heterocycles. The predicted molar refractivity (Wildman–Crippen MR) is 89.6 cm³/mol. The Balaban J connectivity index is 2.00. The second kappa shape index (κ2) is 9.37. The molecule has 0 unspecified atom stereocenters. The lowest BCUT2D eigenvalue weighted by molar-refractivity contribution is 0.121. The Hall–Kier alpha value is -0.790. The maximum atomic E-state index is 8.82. The van der Waals surface area contributed by atoms with Crippen LogP contribution in [0, 0.1) is 5.92 Å². The van der Waals surface area contributed by atoms with Crippen LogP contribution in [0.15, 0.2) is 5.16 Å². The Bertz CT molecular complexity index is 433. The number of aliphatic hydroxyl groups excluding tert-OH is 1. The molecule has 1 aromatic heterocycles. The molecule has 1 aliphatic heterocycles. The third-order valence-electron chi connectivity index (χ3n) is 3.57. The minimum atomic E-state index is 0.287. The molecule has 2 rings (SSSR count). The molecule has 0 spiro atoms. The van der Waals surface area contributed by atoms with E-state index in [0.29, 0.717) is 5.92 Å². The Morgan fingerprint density at radius 3 is 2.64 bits per heavy atom. The van der Waals surface area contributed by atoms with Gasteiger partial charge in [-0.1, -0.05) is 32.0 Å². The van der Waals surface area contributed by atoms with E-state index >= 15 is 0 Å². The van der Waals surface area contributed by atoms with Crippen LogP contribution >= 0.6 is 11.8 Å². The number of aliphatic hydroxyl groups is 1. The second-order valence-corrected chi connectivity index (χ2v) is 7.08. The summed E-state index contributed by atoms with van der Waals surface area (Å²) < 4.78 is 7.68. The Morgan fingerprint density at radius 1 is 1.18 bits per heavy atom. The Morgan fingerprint density at radius 2 is 1.95 bits per heavy atom. The Kier molecular flexibility index (Phi) is 7.48. The monoisotopic (exact) mass is 328 g/mol. The van der Waals surface area contributed by atoms with Crippen molar-refractivity contribution in [1.29, 1.82) is 0 Å². The fourth-order valence-electron chi connectivity index (χ4n) is 2.46. The van der Waals surface area contributed by atoms with Crippen molar-refractivity contribution in [3.8, 4) is 0 Å². The van der Waals surface area contributed by atoms with Gasteiger partial charge in [-0.15, -0.1) is 10.2 Å². The summed E-state index contributed by atoms with van der Waals surface area (Å²) in [5, 5.41) is 18.7. The zero-order valence-corrected chi connectivity index (χ0v) is 14.5. The largest absolute Gasteiger partial charge is 0.396 e. The molecular formula is C15H28N4O2S. The van der Waals surface area contributed by atoms with E-state index in [4.69, 9.17) is 9.84 Å². The third-order valence-corrected chi connectivity index (χ3v) is 4.63. The quantitative estimate of drug-likeness (QED) is 0.553. The molecule has 0 amide bonds. The number of unbranched alkanes of at least 4 members (excludes halogenated alkanes) is 2. The van der Waals surface area contributed by atoms with Gasteiger partial charge < -0.3 is 14.7 Å². The van der Waals surface area contributed by atoms with Crippen LogP contribution in [0.2, 0.25) is 0 Å². The number of aromatic nitrogens is 3. The highest BCUT2D eigenvalue weighted by molar-refractivity contribution is 7.99. The van der Waals surface area contributed by atoms with E-state index in [9.17, 15) is 0 Å². The number of morpholine rings is 1. The summed E-state index contributed by atoms with van der Waals surface area (Å²) >= 11 is 1.77. The number of hydrogen-bond donors (Lipinski definition) is 1. The maximum Gasteiger partial charge on any atom is 0.228 e. The van der Waals surface area contributed by atoms with Gasteiger partial charge in [-0.25, -0.2) is 0 Å². The molecule has 22 heavy (non-hydrogen) atoms. The van der Waals surface area contributed by atoms with Crippen LogP contribution < -0.4 is 4.90 Å². The number of hydrogen-bond acceptors (Lipinski definition) is 6. The van der Waals surface area contributed by atoms with Crippen LogP contribution in [0.4, 0.5) is 5.95 Å². The normalized spacial score (nSPS) is 15.7. The molecule has 1 aliphatic rings. The minimum absolute atomic E-state index is 0.287. The summed E-state index contributed by atoms with van der Waals surface area (Å²) in [6.07, 6.45) is 3.06. The second-order valence-electron chi connectivity index (χ2n) is 6.02. The van der Waals surface area contributed by atoms with E-state index in [1.807, 2.05) is 0 Å². The van der Waals surface area contributed by atoms with Gasteiger partial charge in [0.15, 0.2) is 5.16 Å². The van der Waals surface area contributed by atoms with E-state index in [1.54, 1.807) is 11.8 Å². The lowest BCUT2D eigenvalue weighted by Crippen LogP contribution is -2.38. The standard InChI is InChI=1S/C15H28N4O2S/c1-13(2)12-19-14(18-6-9-21-10-7-18)16-17-15(19)22-11-5-3-4-8-20/h13,20H,3-12H2,1-2H3. The zero-order chi connectivity index (χ0) is 15.8. The van der Waals surface area contributed by atoms with E-state index in [2.05, 4.69) is 33.5 Å². The SMILES string of the molecule is CC(C)Cn1c(SCCCCCO)nnc1N1CCOCC1. The summed E-state index contributed by atoms with van der Waals surface area (Å²) in [6.45, 7) is 8.97. The average Bonchev–Trinajstić information content (AvgIpc) is 2.90. The summed E-state index contributed by atoms with van der Waals surface area (Å²) in [6, 6.07) is 0. The van der Waals surface area contributed by atoms with Gasteiger partial charge in [0, 0.05) is 32.0 Å². The molecule has 1 fully saturated rings. The fraction of sp³-hybridized carbons (Fsp3) is 0.867. The first kappa shape index (κ1) is 17.6. The van der Waals surface area contributed by atoms with Crippen molar-refractivity contribution in [2.24, 2.45) is 5.92 Å². The topological polar surface area (TPSA) is 63.4 Å². The van der Waals surface area contributed by atoms with Gasteiger partial charge in [0.25, 0.3) is 0 Å². The van der Waals surface area contributed by atoms with E-state index in [1.165, 1.54) is 0 Å². The van der Waals surface area contributed by atoms with Gasteiger partial charge in [-0.3, -0.25) is 4.57 Å². The molecule has 0 saturated carbocycles. The molecule has 126 valence electrons. The predicted octanol–water partition coefficient (Wildman–Crippen LogP) is 2.03. The Labute approximate surface area is 137 Å². The molecule has 1 N–H and O–H groups in total. The van der Waals surface area contributed by atoms with Crippen molar-refractivity contribution in [2.45, 2.75) is 44.8 Å². The van der Waals surface area contributed by atoms with Crippen molar-refractivity contribution in [1.82, 2.24) is 14.8 Å². The van der Waals surface area contributed by atoms with Gasteiger partial charge in [-0.2, -0.15) is 0 Å². The van der Waals surface area contributed by atoms with Gasteiger partial charge in [0.2, 0.25) is 5.95 Å². The minimum Gasteiger partial charge on any atom is -0.396 e. The number of ether oxygens (including phenoxy) is 1. The van der Waals surface area contributed by atoms with Crippen molar-refractivity contribution in [3.63, 3.8) is 0 Å². The molecule has 0 aromatic carbocycles. The lowest BCUT2D eigenvalue weighted by Gasteiger charge is -2.28. The molecular weight excluding hydrogens is 300 g/mol. The van der Waals surface area contributed by atoms with Gasteiger partial charge >= 0.3 is 0 Å². The highest BCUT2D eigenvalue weighted by atomic mass is 32.2. The van der Waals surface area contributed by atoms with Gasteiger partial charge in [0.05, 0.1) is 13.2 Å². The molecule has 6 nitrogen and oxygen atoms in total. The third kappa shape index (κ3) is 5.14. The summed E-state index contributed by atoms with van der Waals surface area (Å²) in [5.74, 6) is 2.57. The summed E-state index contributed by atoms with van der Waals surface area (Å²) in [4.78, 5) is 2.27. The van der Waals surface area contributed by atoms with Crippen LogP contribution in [0.1, 0.15) is 33.1 Å². The van der Waals surface area contributed by atoms with E-state index < -0.39 is 0 Å². The highest BCUT2D eigenvalue weighted by Crippen LogP contribution is 2.25. The number of anilines is 1. The average molecular weight is 328 g/mol. The molecule has 0 bridgehead atoms.